The van der Waals surface area contributed by atoms with Crippen LogP contribution >= 0.6 is 27.5 Å². The van der Waals surface area contributed by atoms with Gasteiger partial charge in [-0.1, -0.05) is 47.4 Å². The molecule has 158 valence electrons. The fourth-order valence-corrected chi connectivity index (χ4v) is 4.25. The maximum atomic E-state index is 13.2. The molecule has 2 heterocycles. The Balaban J connectivity index is 1.84. The molecule has 0 bridgehead atoms. The van der Waals surface area contributed by atoms with Crippen molar-refractivity contribution in [1.82, 2.24) is 14.2 Å². The van der Waals surface area contributed by atoms with Crippen molar-refractivity contribution in [2.24, 2.45) is 5.10 Å². The molecule has 7 heteroatoms. The standard InChI is InChI=1S/C24H22BrClN4O/c1-14(2)23-28-22-9-8-18(25)11-21(22)24(31)30(23)27-13-17-10-15(3)29(16(17)4)20-7-5-6-19(26)12-20/h5-14H,1-4H3. The molecule has 0 saturated heterocycles. The van der Waals surface area contributed by atoms with Gasteiger partial charge in [0.05, 0.1) is 17.1 Å². The van der Waals surface area contributed by atoms with E-state index in [1.807, 2.05) is 70.2 Å². The highest BCUT2D eigenvalue weighted by molar-refractivity contribution is 9.10. The quantitative estimate of drug-likeness (QED) is 0.314. The van der Waals surface area contributed by atoms with Gasteiger partial charge in [-0.3, -0.25) is 4.79 Å². The second-order valence-electron chi connectivity index (χ2n) is 7.79. The molecular formula is C24H22BrClN4O. The molecule has 2 aromatic heterocycles. The molecule has 0 fully saturated rings. The number of halogens is 2. The van der Waals surface area contributed by atoms with E-state index < -0.39 is 0 Å². The highest BCUT2D eigenvalue weighted by atomic mass is 79.9. The summed E-state index contributed by atoms with van der Waals surface area (Å²) in [5.41, 5.74) is 4.46. The molecule has 4 aromatic rings. The van der Waals surface area contributed by atoms with Gasteiger partial charge in [0.2, 0.25) is 0 Å². The lowest BCUT2D eigenvalue weighted by molar-refractivity contribution is 0.665. The van der Waals surface area contributed by atoms with Crippen LogP contribution in [0.25, 0.3) is 16.6 Å². The van der Waals surface area contributed by atoms with E-state index in [9.17, 15) is 4.79 Å². The van der Waals surface area contributed by atoms with Crippen molar-refractivity contribution in [2.45, 2.75) is 33.6 Å². The third-order valence-corrected chi connectivity index (χ3v) is 5.93. The van der Waals surface area contributed by atoms with Crippen LogP contribution in [0.15, 0.2) is 62.9 Å². The van der Waals surface area contributed by atoms with Crippen molar-refractivity contribution >= 4 is 44.6 Å². The van der Waals surface area contributed by atoms with Crippen LogP contribution in [0.2, 0.25) is 5.02 Å². The summed E-state index contributed by atoms with van der Waals surface area (Å²) >= 11 is 9.62. The van der Waals surface area contributed by atoms with Crippen molar-refractivity contribution in [3.05, 3.63) is 91.2 Å². The van der Waals surface area contributed by atoms with Crippen LogP contribution in [-0.4, -0.2) is 20.4 Å². The average Bonchev–Trinajstić information content (AvgIpc) is 3.00. The monoisotopic (exact) mass is 496 g/mol. The Morgan fingerprint density at radius 1 is 1.13 bits per heavy atom. The number of hydrogen-bond donors (Lipinski definition) is 0. The van der Waals surface area contributed by atoms with Crippen molar-refractivity contribution in [2.75, 3.05) is 0 Å². The predicted molar refractivity (Wildman–Crippen MR) is 131 cm³/mol. The fourth-order valence-electron chi connectivity index (χ4n) is 3.70. The topological polar surface area (TPSA) is 52.2 Å². The SMILES string of the molecule is Cc1cc(C=Nn2c(C(C)C)nc3ccc(Br)cc3c2=O)c(C)n1-c1cccc(Cl)c1. The van der Waals surface area contributed by atoms with E-state index in [-0.39, 0.29) is 11.5 Å². The smallest absolute Gasteiger partial charge is 0.282 e. The summed E-state index contributed by atoms with van der Waals surface area (Å²) < 4.78 is 4.36. The highest BCUT2D eigenvalue weighted by Crippen LogP contribution is 2.23. The van der Waals surface area contributed by atoms with E-state index in [1.165, 1.54) is 4.68 Å². The molecule has 0 amide bonds. The lowest BCUT2D eigenvalue weighted by atomic mass is 10.2. The number of aromatic nitrogens is 3. The second kappa shape index (κ2) is 8.44. The van der Waals surface area contributed by atoms with Crippen molar-refractivity contribution in [3.8, 4) is 5.69 Å². The summed E-state index contributed by atoms with van der Waals surface area (Å²) in [6, 6.07) is 15.3. The molecular weight excluding hydrogens is 476 g/mol. The fraction of sp³-hybridized carbons (Fsp3) is 0.208. The molecule has 0 aliphatic rings. The van der Waals surface area contributed by atoms with Crippen molar-refractivity contribution in [3.63, 3.8) is 0 Å². The Kier molecular flexibility index (Phi) is 5.86. The van der Waals surface area contributed by atoms with E-state index >= 15 is 0 Å². The number of rotatable bonds is 4. The molecule has 0 N–H and O–H groups in total. The number of fused-ring (bicyclic) bond motifs is 1. The Hall–Kier alpha value is -2.70. The van der Waals surface area contributed by atoms with Crippen LogP contribution in [0.3, 0.4) is 0 Å². The van der Waals surface area contributed by atoms with Gasteiger partial charge in [-0.05, 0) is 56.3 Å². The van der Waals surface area contributed by atoms with Gasteiger partial charge in [-0.2, -0.15) is 9.78 Å². The van der Waals surface area contributed by atoms with Crippen LogP contribution < -0.4 is 5.56 Å². The largest absolute Gasteiger partial charge is 0.318 e. The molecule has 5 nitrogen and oxygen atoms in total. The van der Waals surface area contributed by atoms with Crippen LogP contribution in [0.4, 0.5) is 0 Å². The molecule has 2 aromatic carbocycles. The first kappa shape index (κ1) is 21.5. The zero-order valence-electron chi connectivity index (χ0n) is 17.7. The van der Waals surface area contributed by atoms with Crippen LogP contribution in [0.5, 0.6) is 0 Å². The number of aryl methyl sites for hydroxylation is 1. The van der Waals surface area contributed by atoms with Gasteiger partial charge in [0.1, 0.15) is 5.82 Å². The van der Waals surface area contributed by atoms with Gasteiger partial charge < -0.3 is 4.57 Å². The third-order valence-electron chi connectivity index (χ3n) is 5.20. The summed E-state index contributed by atoms with van der Waals surface area (Å²) in [7, 11) is 0. The van der Waals surface area contributed by atoms with Gasteiger partial charge in [0.25, 0.3) is 5.56 Å². The Bertz CT molecular complexity index is 1380. The number of hydrogen-bond acceptors (Lipinski definition) is 3. The molecule has 0 unspecified atom stereocenters. The van der Waals surface area contributed by atoms with E-state index in [2.05, 4.69) is 25.6 Å². The minimum atomic E-state index is -0.185. The van der Waals surface area contributed by atoms with Crippen LogP contribution in [0, 0.1) is 13.8 Å². The molecule has 0 saturated carbocycles. The minimum absolute atomic E-state index is 0.0387. The number of benzene rings is 2. The first-order valence-corrected chi connectivity index (χ1v) is 11.1. The first-order valence-electron chi connectivity index (χ1n) is 9.97. The molecule has 31 heavy (non-hydrogen) atoms. The minimum Gasteiger partial charge on any atom is -0.318 e. The summed E-state index contributed by atoms with van der Waals surface area (Å²) in [6.07, 6.45) is 1.72. The molecule has 0 aliphatic heterocycles. The zero-order chi connectivity index (χ0) is 22.3. The van der Waals surface area contributed by atoms with E-state index in [0.717, 1.165) is 27.1 Å². The van der Waals surface area contributed by atoms with Gasteiger partial charge in [-0.25, -0.2) is 4.98 Å². The molecule has 0 atom stereocenters. The molecule has 0 spiro atoms. The van der Waals surface area contributed by atoms with Gasteiger partial charge in [-0.15, -0.1) is 0 Å². The molecule has 0 radical (unpaired) electrons. The van der Waals surface area contributed by atoms with E-state index in [0.29, 0.717) is 21.7 Å². The van der Waals surface area contributed by atoms with Crippen LogP contribution in [-0.2, 0) is 0 Å². The molecule has 4 rings (SSSR count). The number of nitrogens with zero attached hydrogens (tertiary/aromatic N) is 4. The normalized spacial score (nSPS) is 11.8. The lowest BCUT2D eigenvalue weighted by Gasteiger charge is -2.12. The van der Waals surface area contributed by atoms with Crippen molar-refractivity contribution in [1.29, 1.82) is 0 Å². The van der Waals surface area contributed by atoms with Gasteiger partial charge in [0.15, 0.2) is 0 Å². The maximum absolute atomic E-state index is 13.2. The first-order chi connectivity index (χ1) is 14.8. The summed E-state index contributed by atoms with van der Waals surface area (Å²) in [6.45, 7) is 8.07. The van der Waals surface area contributed by atoms with Gasteiger partial charge >= 0.3 is 0 Å². The third kappa shape index (κ3) is 4.10. The Labute approximate surface area is 194 Å². The summed E-state index contributed by atoms with van der Waals surface area (Å²) in [5.74, 6) is 0.663. The van der Waals surface area contributed by atoms with Crippen molar-refractivity contribution < 1.29 is 0 Å². The lowest BCUT2D eigenvalue weighted by Crippen LogP contribution is -2.23. The zero-order valence-corrected chi connectivity index (χ0v) is 20.1. The molecule has 0 aliphatic carbocycles. The highest BCUT2D eigenvalue weighted by Gasteiger charge is 2.15. The Morgan fingerprint density at radius 2 is 1.90 bits per heavy atom. The maximum Gasteiger partial charge on any atom is 0.282 e. The Morgan fingerprint density at radius 3 is 2.61 bits per heavy atom. The van der Waals surface area contributed by atoms with Crippen LogP contribution in [0.1, 0.15) is 42.5 Å². The summed E-state index contributed by atoms with van der Waals surface area (Å²) in [4.78, 5) is 17.9. The average molecular weight is 498 g/mol. The van der Waals surface area contributed by atoms with E-state index in [4.69, 9.17) is 16.6 Å². The van der Waals surface area contributed by atoms with E-state index in [1.54, 1.807) is 12.3 Å². The van der Waals surface area contributed by atoms with Gasteiger partial charge in [0, 0.05) is 38.1 Å². The predicted octanol–water partition coefficient (Wildman–Crippen LogP) is 6.23. The second-order valence-corrected chi connectivity index (χ2v) is 9.14. The summed E-state index contributed by atoms with van der Waals surface area (Å²) in [5, 5.41) is 5.78.